The number of carboxylic acids is 1. The molecule has 0 aromatic heterocycles. The zero-order valence-electron chi connectivity index (χ0n) is 20.0. The number of carbonyl (C=O) groups excluding carboxylic acids is 2. The van der Waals surface area contributed by atoms with Crippen molar-refractivity contribution in [1.82, 2.24) is 10.2 Å². The molecule has 3 aromatic carbocycles. The van der Waals surface area contributed by atoms with Crippen molar-refractivity contribution < 1.29 is 24.2 Å². The summed E-state index contributed by atoms with van der Waals surface area (Å²) in [5.74, 6) is -1.58. The van der Waals surface area contributed by atoms with Gasteiger partial charge in [-0.2, -0.15) is 0 Å². The number of carbonyl (C=O) groups is 3. The van der Waals surface area contributed by atoms with Crippen LogP contribution in [0.15, 0.2) is 84.9 Å². The highest BCUT2D eigenvalue weighted by Crippen LogP contribution is 2.25. The Hall–Kier alpha value is -4.13. The maximum absolute atomic E-state index is 13.3. The van der Waals surface area contributed by atoms with Gasteiger partial charge in [0, 0.05) is 6.42 Å². The summed E-state index contributed by atoms with van der Waals surface area (Å²) in [7, 11) is 0. The van der Waals surface area contributed by atoms with Crippen molar-refractivity contribution in [2.24, 2.45) is 0 Å². The fraction of sp³-hybridized carbons (Fsp3) is 0.276. The molecule has 2 atom stereocenters. The molecular formula is C29H30N2O5. The molecule has 1 aliphatic rings. The number of benzene rings is 3. The standard InChI is InChI=1S/C29H30N2O5/c32-27(30-25(28(33)34)17-9-14-21-10-3-1-4-11-21)26-18-23-15-7-8-16-24(23)19-31(26)29(35)36-20-22-12-5-2-6-13-22/h1-8,10-13,15-16,25-26H,9,14,17-20H2,(H,30,32)(H,33,34)/t25-,26-/m0/s1. The molecule has 0 fully saturated rings. The number of hydrogen-bond acceptors (Lipinski definition) is 4. The normalized spacial score (nSPS) is 15.4. The Labute approximate surface area is 210 Å². The van der Waals surface area contributed by atoms with Gasteiger partial charge in [0.15, 0.2) is 0 Å². The van der Waals surface area contributed by atoms with Gasteiger partial charge in [0.05, 0.1) is 6.54 Å². The highest BCUT2D eigenvalue weighted by atomic mass is 16.6. The Morgan fingerprint density at radius 1 is 0.889 bits per heavy atom. The SMILES string of the molecule is O=C(O)[C@H](CCCc1ccccc1)NC(=O)[C@@H]1Cc2ccccc2CN1C(=O)OCc1ccccc1. The molecule has 3 aromatic rings. The topological polar surface area (TPSA) is 95.9 Å². The van der Waals surface area contributed by atoms with Crippen LogP contribution in [0, 0.1) is 0 Å². The van der Waals surface area contributed by atoms with E-state index in [4.69, 9.17) is 4.74 Å². The van der Waals surface area contributed by atoms with Crippen LogP contribution in [0.25, 0.3) is 0 Å². The van der Waals surface area contributed by atoms with Crippen molar-refractivity contribution in [3.63, 3.8) is 0 Å². The van der Waals surface area contributed by atoms with E-state index in [1.807, 2.05) is 84.9 Å². The van der Waals surface area contributed by atoms with E-state index in [9.17, 15) is 19.5 Å². The third-order valence-corrected chi connectivity index (χ3v) is 6.41. The number of aryl methyl sites for hydroxylation is 1. The molecule has 0 unspecified atom stereocenters. The first-order chi connectivity index (χ1) is 17.5. The van der Waals surface area contributed by atoms with Gasteiger partial charge in [0.25, 0.3) is 0 Å². The number of amides is 2. The maximum Gasteiger partial charge on any atom is 0.411 e. The van der Waals surface area contributed by atoms with Gasteiger partial charge in [0.2, 0.25) is 5.91 Å². The first kappa shape index (κ1) is 25.0. The second-order valence-corrected chi connectivity index (χ2v) is 8.93. The summed E-state index contributed by atoms with van der Waals surface area (Å²) in [6, 6.07) is 24.8. The average Bonchev–Trinajstić information content (AvgIpc) is 2.91. The fourth-order valence-electron chi connectivity index (χ4n) is 4.43. The third-order valence-electron chi connectivity index (χ3n) is 6.41. The summed E-state index contributed by atoms with van der Waals surface area (Å²) in [6.07, 6.45) is 1.30. The predicted octanol–water partition coefficient (Wildman–Crippen LogP) is 4.34. The Balaban J connectivity index is 1.43. The van der Waals surface area contributed by atoms with Gasteiger partial charge in [-0.05, 0) is 41.5 Å². The Bertz CT molecular complexity index is 1180. The van der Waals surface area contributed by atoms with Gasteiger partial charge >= 0.3 is 12.1 Å². The van der Waals surface area contributed by atoms with E-state index in [0.29, 0.717) is 12.8 Å². The lowest BCUT2D eigenvalue weighted by Gasteiger charge is -2.35. The van der Waals surface area contributed by atoms with Crippen LogP contribution in [0.3, 0.4) is 0 Å². The average molecular weight is 487 g/mol. The van der Waals surface area contributed by atoms with E-state index in [-0.39, 0.29) is 19.6 Å². The van der Waals surface area contributed by atoms with E-state index >= 15 is 0 Å². The van der Waals surface area contributed by atoms with Crippen LogP contribution in [-0.2, 0) is 40.3 Å². The number of rotatable bonds is 9. The Morgan fingerprint density at radius 2 is 1.50 bits per heavy atom. The molecule has 7 nitrogen and oxygen atoms in total. The number of hydrogen-bond donors (Lipinski definition) is 2. The number of nitrogens with zero attached hydrogens (tertiary/aromatic N) is 1. The summed E-state index contributed by atoms with van der Waals surface area (Å²) in [5.41, 5.74) is 3.86. The van der Waals surface area contributed by atoms with E-state index in [0.717, 1.165) is 28.7 Å². The first-order valence-corrected chi connectivity index (χ1v) is 12.1. The lowest BCUT2D eigenvalue weighted by molar-refractivity contribution is -0.143. The largest absolute Gasteiger partial charge is 0.480 e. The van der Waals surface area contributed by atoms with E-state index < -0.39 is 30.1 Å². The molecule has 0 saturated heterocycles. The number of nitrogens with one attached hydrogen (secondary N) is 1. The molecule has 0 saturated carbocycles. The van der Waals surface area contributed by atoms with Gasteiger partial charge in [-0.1, -0.05) is 84.9 Å². The van der Waals surface area contributed by atoms with Gasteiger partial charge in [0.1, 0.15) is 18.7 Å². The van der Waals surface area contributed by atoms with Crippen molar-refractivity contribution in [1.29, 1.82) is 0 Å². The lowest BCUT2D eigenvalue weighted by atomic mass is 9.93. The molecule has 4 rings (SSSR count). The smallest absolute Gasteiger partial charge is 0.411 e. The predicted molar refractivity (Wildman–Crippen MR) is 135 cm³/mol. The molecule has 0 bridgehead atoms. The minimum absolute atomic E-state index is 0.0867. The molecule has 0 spiro atoms. The summed E-state index contributed by atoms with van der Waals surface area (Å²) in [6.45, 7) is 0.303. The van der Waals surface area contributed by atoms with Gasteiger partial charge in [-0.3, -0.25) is 9.69 Å². The van der Waals surface area contributed by atoms with Crippen LogP contribution in [0.5, 0.6) is 0 Å². The van der Waals surface area contributed by atoms with Gasteiger partial charge < -0.3 is 15.2 Å². The quantitative estimate of drug-likeness (QED) is 0.469. The van der Waals surface area contributed by atoms with Crippen LogP contribution >= 0.6 is 0 Å². The molecule has 1 heterocycles. The summed E-state index contributed by atoms with van der Waals surface area (Å²) in [4.78, 5) is 39.7. The van der Waals surface area contributed by atoms with Crippen LogP contribution < -0.4 is 5.32 Å². The zero-order chi connectivity index (χ0) is 25.3. The van der Waals surface area contributed by atoms with Crippen molar-refractivity contribution in [2.45, 2.75) is 50.9 Å². The highest BCUT2D eigenvalue weighted by Gasteiger charge is 2.37. The van der Waals surface area contributed by atoms with Crippen LogP contribution in [0.4, 0.5) is 4.79 Å². The first-order valence-electron chi connectivity index (χ1n) is 12.1. The number of ether oxygens (including phenoxy) is 1. The number of carboxylic acid groups (broad SMARTS) is 1. The Morgan fingerprint density at radius 3 is 2.17 bits per heavy atom. The second kappa shape index (κ2) is 12.0. The summed E-state index contributed by atoms with van der Waals surface area (Å²) < 4.78 is 5.52. The van der Waals surface area contributed by atoms with Gasteiger partial charge in [-0.25, -0.2) is 9.59 Å². The molecule has 2 amide bonds. The van der Waals surface area contributed by atoms with Crippen LogP contribution in [-0.4, -0.2) is 40.1 Å². The monoisotopic (exact) mass is 486 g/mol. The minimum atomic E-state index is -1.09. The highest BCUT2D eigenvalue weighted by molar-refractivity contribution is 5.90. The molecule has 2 N–H and O–H groups in total. The molecule has 186 valence electrons. The molecule has 7 heteroatoms. The lowest BCUT2D eigenvalue weighted by Crippen LogP contribution is -2.55. The van der Waals surface area contributed by atoms with Crippen molar-refractivity contribution in [3.05, 3.63) is 107 Å². The van der Waals surface area contributed by atoms with Gasteiger partial charge in [-0.15, -0.1) is 0 Å². The molecule has 0 aliphatic carbocycles. The molecular weight excluding hydrogens is 456 g/mol. The third kappa shape index (κ3) is 6.50. The maximum atomic E-state index is 13.3. The van der Waals surface area contributed by atoms with E-state index in [2.05, 4.69) is 5.32 Å². The summed E-state index contributed by atoms with van der Waals surface area (Å²) in [5, 5.41) is 12.4. The van der Waals surface area contributed by atoms with E-state index in [1.54, 1.807) is 0 Å². The molecule has 36 heavy (non-hydrogen) atoms. The zero-order valence-corrected chi connectivity index (χ0v) is 20.0. The van der Waals surface area contributed by atoms with Crippen LogP contribution in [0.1, 0.15) is 35.1 Å². The number of aliphatic carboxylic acids is 1. The second-order valence-electron chi connectivity index (χ2n) is 8.93. The molecule has 1 aliphatic heterocycles. The minimum Gasteiger partial charge on any atom is -0.480 e. The molecule has 0 radical (unpaired) electrons. The van der Waals surface area contributed by atoms with Crippen molar-refractivity contribution >= 4 is 18.0 Å². The Kier molecular flexibility index (Phi) is 8.34. The van der Waals surface area contributed by atoms with E-state index in [1.165, 1.54) is 4.90 Å². The summed E-state index contributed by atoms with van der Waals surface area (Å²) >= 11 is 0. The van der Waals surface area contributed by atoms with Crippen molar-refractivity contribution in [2.75, 3.05) is 0 Å². The number of fused-ring (bicyclic) bond motifs is 1. The van der Waals surface area contributed by atoms with Crippen LogP contribution in [0.2, 0.25) is 0 Å². The fourth-order valence-corrected chi connectivity index (χ4v) is 4.43. The van der Waals surface area contributed by atoms with Crippen molar-refractivity contribution in [3.8, 4) is 0 Å².